The molecule has 0 spiro atoms. The quantitative estimate of drug-likeness (QED) is 0.523. The molecule has 1 heterocycles. The SMILES string of the molecule is Cc1ccc(-c2noc(CCC(=O)Nc3cccc([N+](=O)[O-])c3)n2)cc1F. The number of rotatable bonds is 6. The first-order chi connectivity index (χ1) is 12.9. The molecule has 0 fully saturated rings. The van der Waals surface area contributed by atoms with E-state index in [9.17, 15) is 19.3 Å². The lowest BCUT2D eigenvalue weighted by Gasteiger charge is -2.03. The third-order valence-corrected chi connectivity index (χ3v) is 3.80. The van der Waals surface area contributed by atoms with Crippen molar-refractivity contribution in [2.45, 2.75) is 19.8 Å². The molecule has 138 valence electrons. The first-order valence-electron chi connectivity index (χ1n) is 8.06. The lowest BCUT2D eigenvalue weighted by atomic mass is 10.1. The maximum Gasteiger partial charge on any atom is 0.271 e. The highest BCUT2D eigenvalue weighted by Crippen LogP contribution is 2.20. The normalized spacial score (nSPS) is 10.6. The van der Waals surface area contributed by atoms with Gasteiger partial charge in [0.15, 0.2) is 0 Å². The van der Waals surface area contributed by atoms with E-state index in [0.717, 1.165) is 0 Å². The Morgan fingerprint density at radius 2 is 2.11 bits per heavy atom. The highest BCUT2D eigenvalue weighted by molar-refractivity contribution is 5.91. The summed E-state index contributed by atoms with van der Waals surface area (Å²) < 4.78 is 18.7. The number of hydrogen-bond donors (Lipinski definition) is 1. The highest BCUT2D eigenvalue weighted by atomic mass is 19.1. The summed E-state index contributed by atoms with van der Waals surface area (Å²) in [6.45, 7) is 1.65. The van der Waals surface area contributed by atoms with Gasteiger partial charge in [-0.2, -0.15) is 4.98 Å². The molecular formula is C18H15FN4O4. The third-order valence-electron chi connectivity index (χ3n) is 3.80. The number of nitrogens with one attached hydrogen (secondary N) is 1. The Balaban J connectivity index is 1.59. The van der Waals surface area contributed by atoms with Crippen LogP contribution in [0.3, 0.4) is 0 Å². The van der Waals surface area contributed by atoms with Gasteiger partial charge in [0.1, 0.15) is 5.82 Å². The molecule has 0 bridgehead atoms. The number of amides is 1. The van der Waals surface area contributed by atoms with Crippen LogP contribution in [0, 0.1) is 22.9 Å². The number of nitrogens with zero attached hydrogens (tertiary/aromatic N) is 3. The number of anilines is 1. The number of aromatic nitrogens is 2. The Morgan fingerprint density at radius 1 is 1.30 bits per heavy atom. The molecule has 0 radical (unpaired) electrons. The zero-order valence-electron chi connectivity index (χ0n) is 14.3. The van der Waals surface area contributed by atoms with Crippen LogP contribution < -0.4 is 5.32 Å². The Labute approximate surface area is 153 Å². The van der Waals surface area contributed by atoms with Crippen molar-refractivity contribution in [2.75, 3.05) is 5.32 Å². The summed E-state index contributed by atoms with van der Waals surface area (Å²) in [6, 6.07) is 10.3. The average molecular weight is 370 g/mol. The molecule has 3 rings (SSSR count). The Hall–Kier alpha value is -3.62. The van der Waals surface area contributed by atoms with Crippen molar-refractivity contribution >= 4 is 17.3 Å². The Morgan fingerprint density at radius 3 is 2.85 bits per heavy atom. The molecule has 8 nitrogen and oxygen atoms in total. The number of nitro benzene ring substituents is 1. The second-order valence-corrected chi connectivity index (χ2v) is 5.83. The molecular weight excluding hydrogens is 355 g/mol. The molecule has 0 aliphatic carbocycles. The van der Waals surface area contributed by atoms with E-state index in [-0.39, 0.29) is 42.0 Å². The van der Waals surface area contributed by atoms with Gasteiger partial charge in [-0.25, -0.2) is 4.39 Å². The number of carbonyl (C=O) groups excluding carboxylic acids is 1. The van der Waals surface area contributed by atoms with Gasteiger partial charge < -0.3 is 9.84 Å². The van der Waals surface area contributed by atoms with Crippen molar-refractivity contribution in [1.29, 1.82) is 0 Å². The van der Waals surface area contributed by atoms with Crippen LogP contribution in [0.15, 0.2) is 47.0 Å². The molecule has 2 aromatic carbocycles. The zero-order valence-corrected chi connectivity index (χ0v) is 14.3. The van der Waals surface area contributed by atoms with E-state index < -0.39 is 4.92 Å². The maximum atomic E-state index is 13.6. The lowest BCUT2D eigenvalue weighted by Crippen LogP contribution is -2.12. The molecule has 1 amide bonds. The van der Waals surface area contributed by atoms with Crippen LogP contribution >= 0.6 is 0 Å². The van der Waals surface area contributed by atoms with Crippen molar-refractivity contribution in [1.82, 2.24) is 10.1 Å². The third kappa shape index (κ3) is 4.51. The van der Waals surface area contributed by atoms with Gasteiger partial charge in [0, 0.05) is 36.2 Å². The minimum absolute atomic E-state index is 0.0482. The van der Waals surface area contributed by atoms with Crippen molar-refractivity contribution < 1.29 is 18.6 Å². The summed E-state index contributed by atoms with van der Waals surface area (Å²) in [5, 5.41) is 17.1. The smallest absolute Gasteiger partial charge is 0.271 e. The maximum absolute atomic E-state index is 13.6. The van der Waals surface area contributed by atoms with Crippen LogP contribution in [-0.2, 0) is 11.2 Å². The summed E-state index contributed by atoms with van der Waals surface area (Å²) in [7, 11) is 0. The summed E-state index contributed by atoms with van der Waals surface area (Å²) in [4.78, 5) is 26.4. The monoisotopic (exact) mass is 370 g/mol. The Bertz CT molecular complexity index is 1000. The van der Waals surface area contributed by atoms with Gasteiger partial charge in [-0.3, -0.25) is 14.9 Å². The van der Waals surface area contributed by atoms with Gasteiger partial charge in [-0.05, 0) is 24.6 Å². The molecule has 0 unspecified atom stereocenters. The van der Waals surface area contributed by atoms with Gasteiger partial charge in [0.05, 0.1) is 4.92 Å². The molecule has 9 heteroatoms. The van der Waals surface area contributed by atoms with Crippen molar-refractivity contribution in [3.8, 4) is 11.4 Å². The first kappa shape index (κ1) is 18.2. The molecule has 0 saturated carbocycles. The number of hydrogen-bond acceptors (Lipinski definition) is 6. The van der Waals surface area contributed by atoms with Crippen molar-refractivity contribution in [2.24, 2.45) is 0 Å². The van der Waals surface area contributed by atoms with E-state index in [1.807, 2.05) is 0 Å². The van der Waals surface area contributed by atoms with E-state index in [1.165, 1.54) is 24.3 Å². The first-order valence-corrected chi connectivity index (χ1v) is 8.06. The molecule has 1 aromatic heterocycles. The van der Waals surface area contributed by atoms with E-state index in [0.29, 0.717) is 16.8 Å². The van der Waals surface area contributed by atoms with Crippen molar-refractivity contribution in [3.05, 3.63) is 69.9 Å². The summed E-state index contributed by atoms with van der Waals surface area (Å²) >= 11 is 0. The van der Waals surface area contributed by atoms with E-state index in [2.05, 4.69) is 15.5 Å². The van der Waals surface area contributed by atoms with Crippen LogP contribution in [0.25, 0.3) is 11.4 Å². The van der Waals surface area contributed by atoms with Crippen molar-refractivity contribution in [3.63, 3.8) is 0 Å². The molecule has 0 aliphatic heterocycles. The average Bonchev–Trinajstić information content (AvgIpc) is 3.11. The molecule has 1 N–H and O–H groups in total. The van der Waals surface area contributed by atoms with Crippen LogP contribution in [0.5, 0.6) is 0 Å². The fourth-order valence-electron chi connectivity index (χ4n) is 2.35. The number of aryl methyl sites for hydroxylation is 2. The molecule has 0 aliphatic rings. The number of carbonyl (C=O) groups is 1. The number of halogens is 1. The van der Waals surface area contributed by atoms with Gasteiger partial charge in [0.25, 0.3) is 5.69 Å². The summed E-state index contributed by atoms with van der Waals surface area (Å²) in [6.07, 6.45) is 0.231. The van der Waals surface area contributed by atoms with Gasteiger partial charge >= 0.3 is 0 Å². The predicted molar refractivity (Wildman–Crippen MR) is 94.5 cm³/mol. The predicted octanol–water partition coefficient (Wildman–Crippen LogP) is 3.66. The number of non-ortho nitro benzene ring substituents is 1. The minimum Gasteiger partial charge on any atom is -0.339 e. The molecule has 3 aromatic rings. The summed E-state index contributed by atoms with van der Waals surface area (Å²) in [5.41, 5.74) is 1.21. The van der Waals surface area contributed by atoms with Gasteiger partial charge in [0.2, 0.25) is 17.6 Å². The van der Waals surface area contributed by atoms with E-state index in [1.54, 1.807) is 25.1 Å². The van der Waals surface area contributed by atoms with Crippen LogP contribution in [0.1, 0.15) is 17.9 Å². The minimum atomic E-state index is -0.538. The zero-order chi connectivity index (χ0) is 19.4. The van der Waals surface area contributed by atoms with Crippen LogP contribution in [-0.4, -0.2) is 21.0 Å². The second kappa shape index (κ2) is 7.73. The fraction of sp³-hybridized carbons (Fsp3) is 0.167. The van der Waals surface area contributed by atoms with E-state index >= 15 is 0 Å². The number of benzene rings is 2. The molecule has 0 saturated heterocycles. The molecule has 27 heavy (non-hydrogen) atoms. The van der Waals surface area contributed by atoms with Crippen LogP contribution in [0.2, 0.25) is 0 Å². The largest absolute Gasteiger partial charge is 0.339 e. The second-order valence-electron chi connectivity index (χ2n) is 5.83. The fourth-order valence-corrected chi connectivity index (χ4v) is 2.35. The lowest BCUT2D eigenvalue weighted by molar-refractivity contribution is -0.384. The summed E-state index contributed by atoms with van der Waals surface area (Å²) in [5.74, 6) is -0.241. The standard InChI is InChI=1S/C18H15FN4O4/c1-11-5-6-12(9-15(11)19)18-21-17(27-22-18)8-7-16(24)20-13-3-2-4-14(10-13)23(25)26/h2-6,9-10H,7-8H2,1H3,(H,20,24). The van der Waals surface area contributed by atoms with Gasteiger partial charge in [-0.15, -0.1) is 0 Å². The number of nitro groups is 1. The van der Waals surface area contributed by atoms with Gasteiger partial charge in [-0.1, -0.05) is 23.4 Å². The van der Waals surface area contributed by atoms with Crippen LogP contribution in [0.4, 0.5) is 15.8 Å². The highest BCUT2D eigenvalue weighted by Gasteiger charge is 2.13. The van der Waals surface area contributed by atoms with E-state index in [4.69, 9.17) is 4.52 Å². The topological polar surface area (TPSA) is 111 Å². The Kier molecular flexibility index (Phi) is 5.20. The molecule has 0 atom stereocenters.